The molecule has 1 aromatic carbocycles. The minimum Gasteiger partial charge on any atom is -0.340 e. The Hall–Kier alpha value is -2.67. The summed E-state index contributed by atoms with van der Waals surface area (Å²) in [4.78, 5) is 11.6. The lowest BCUT2D eigenvalue weighted by Gasteiger charge is -2.23. The van der Waals surface area contributed by atoms with Crippen molar-refractivity contribution >= 4 is 28.4 Å². The summed E-state index contributed by atoms with van der Waals surface area (Å²) in [6.45, 7) is 3.14. The van der Waals surface area contributed by atoms with Crippen molar-refractivity contribution in [1.29, 1.82) is 0 Å². The molecule has 5 heterocycles. The number of H-pyrrole nitrogens is 1. The highest BCUT2D eigenvalue weighted by atomic mass is 15.3. The van der Waals surface area contributed by atoms with Gasteiger partial charge in [-0.3, -0.25) is 5.10 Å². The fourth-order valence-corrected chi connectivity index (χ4v) is 3.84. The first kappa shape index (κ1) is 14.7. The smallest absolute Gasteiger partial charge is 0.227 e. The van der Waals surface area contributed by atoms with Crippen molar-refractivity contribution in [3.63, 3.8) is 0 Å². The van der Waals surface area contributed by atoms with E-state index >= 15 is 0 Å². The predicted molar refractivity (Wildman–Crippen MR) is 98.1 cm³/mol. The molecule has 6 rings (SSSR count). The first-order valence-electron chi connectivity index (χ1n) is 8.85. The Balaban J connectivity index is 1.38. The SMILES string of the molecule is c1cc(Nc2ccc3[nH]ncc3c2)nc(N2CC3CCC(C2)NC3)n1. The maximum atomic E-state index is 4.75. The van der Waals surface area contributed by atoms with Crippen LogP contribution in [0.25, 0.3) is 10.9 Å². The van der Waals surface area contributed by atoms with Crippen molar-refractivity contribution in [2.24, 2.45) is 5.92 Å². The molecular weight excluding hydrogens is 314 g/mol. The molecule has 3 fully saturated rings. The largest absolute Gasteiger partial charge is 0.340 e. The van der Waals surface area contributed by atoms with Gasteiger partial charge in [-0.05, 0) is 49.6 Å². The van der Waals surface area contributed by atoms with Crippen molar-refractivity contribution in [1.82, 2.24) is 25.5 Å². The number of anilines is 3. The van der Waals surface area contributed by atoms with Crippen LogP contribution >= 0.6 is 0 Å². The Kier molecular flexibility index (Phi) is 3.52. The molecule has 2 aromatic heterocycles. The van der Waals surface area contributed by atoms with Crippen LogP contribution in [0.1, 0.15) is 12.8 Å². The van der Waals surface area contributed by atoms with Crippen LogP contribution in [-0.2, 0) is 0 Å². The molecule has 128 valence electrons. The van der Waals surface area contributed by atoms with Crippen LogP contribution < -0.4 is 15.5 Å². The van der Waals surface area contributed by atoms with E-state index in [-0.39, 0.29) is 0 Å². The first-order chi connectivity index (χ1) is 12.3. The Labute approximate surface area is 145 Å². The van der Waals surface area contributed by atoms with Gasteiger partial charge in [0.2, 0.25) is 5.95 Å². The van der Waals surface area contributed by atoms with Gasteiger partial charge < -0.3 is 15.5 Å². The number of rotatable bonds is 3. The van der Waals surface area contributed by atoms with Crippen molar-refractivity contribution in [3.05, 3.63) is 36.7 Å². The number of hydrogen-bond donors (Lipinski definition) is 3. The molecule has 0 radical (unpaired) electrons. The summed E-state index contributed by atoms with van der Waals surface area (Å²) in [7, 11) is 0. The van der Waals surface area contributed by atoms with Gasteiger partial charge >= 0.3 is 0 Å². The molecule has 2 bridgehead atoms. The van der Waals surface area contributed by atoms with E-state index in [9.17, 15) is 0 Å². The van der Waals surface area contributed by atoms with Gasteiger partial charge in [0.25, 0.3) is 0 Å². The Morgan fingerprint density at radius 2 is 2.16 bits per heavy atom. The van der Waals surface area contributed by atoms with E-state index in [1.807, 2.05) is 30.6 Å². The van der Waals surface area contributed by atoms with E-state index in [1.165, 1.54) is 12.8 Å². The van der Waals surface area contributed by atoms with Gasteiger partial charge in [-0.1, -0.05) is 0 Å². The van der Waals surface area contributed by atoms with E-state index in [2.05, 4.69) is 36.8 Å². The van der Waals surface area contributed by atoms with E-state index in [0.29, 0.717) is 12.0 Å². The molecule has 3 aliphatic rings. The zero-order valence-electron chi connectivity index (χ0n) is 13.9. The van der Waals surface area contributed by atoms with Gasteiger partial charge in [-0.2, -0.15) is 10.1 Å². The van der Waals surface area contributed by atoms with Crippen LogP contribution in [0.2, 0.25) is 0 Å². The topological polar surface area (TPSA) is 81.8 Å². The van der Waals surface area contributed by atoms with Crippen LogP contribution in [0.5, 0.6) is 0 Å². The first-order valence-corrected chi connectivity index (χ1v) is 8.85. The Bertz CT molecular complexity index is 868. The molecule has 7 nitrogen and oxygen atoms in total. The van der Waals surface area contributed by atoms with E-state index < -0.39 is 0 Å². The number of aromatic nitrogens is 4. The third-order valence-electron chi connectivity index (χ3n) is 5.18. The highest BCUT2D eigenvalue weighted by Gasteiger charge is 2.30. The van der Waals surface area contributed by atoms with Crippen molar-refractivity contribution in [2.45, 2.75) is 18.9 Å². The molecule has 3 aromatic rings. The fraction of sp³-hybridized carbons (Fsp3) is 0.389. The molecule has 0 spiro atoms. The number of nitrogens with zero attached hydrogens (tertiary/aromatic N) is 4. The second-order valence-electron chi connectivity index (χ2n) is 6.99. The Morgan fingerprint density at radius 3 is 3.08 bits per heavy atom. The van der Waals surface area contributed by atoms with Crippen LogP contribution in [0.4, 0.5) is 17.5 Å². The number of benzene rings is 1. The second kappa shape index (κ2) is 6.00. The molecule has 7 heteroatoms. The fourth-order valence-electron chi connectivity index (χ4n) is 3.84. The van der Waals surface area contributed by atoms with Gasteiger partial charge in [0, 0.05) is 36.4 Å². The lowest BCUT2D eigenvalue weighted by Crippen LogP contribution is -2.39. The second-order valence-corrected chi connectivity index (χ2v) is 6.99. The molecule has 0 saturated carbocycles. The third kappa shape index (κ3) is 2.91. The van der Waals surface area contributed by atoms with Crippen LogP contribution in [0.3, 0.4) is 0 Å². The highest BCUT2D eigenvalue weighted by molar-refractivity contribution is 5.82. The minimum absolute atomic E-state index is 0.558. The third-order valence-corrected chi connectivity index (χ3v) is 5.18. The summed E-state index contributed by atoms with van der Waals surface area (Å²) in [5, 5.41) is 15.1. The van der Waals surface area contributed by atoms with Gasteiger partial charge in [-0.15, -0.1) is 0 Å². The standard InChI is InChI=1S/C18H21N7/c1-2-15-11-25(10-12(1)8-20-15)18-19-6-5-17(23-18)22-14-3-4-16-13(7-14)9-21-24-16/h3-7,9,12,15,20H,1-2,8,10-11H2,(H,21,24)(H,19,22,23). The molecule has 0 aliphatic carbocycles. The van der Waals surface area contributed by atoms with Gasteiger partial charge in [0.1, 0.15) is 5.82 Å². The normalized spacial score (nSPS) is 23.0. The van der Waals surface area contributed by atoms with Crippen molar-refractivity contribution in [3.8, 4) is 0 Å². The molecule has 3 aliphatic heterocycles. The number of piperidine rings is 1. The number of fused-ring (bicyclic) bond motifs is 5. The number of nitrogens with one attached hydrogen (secondary N) is 3. The number of hydrogen-bond acceptors (Lipinski definition) is 6. The summed E-state index contributed by atoms with van der Waals surface area (Å²) in [5.74, 6) is 2.33. The lowest BCUT2D eigenvalue weighted by atomic mass is 9.97. The quantitative estimate of drug-likeness (QED) is 0.681. The van der Waals surface area contributed by atoms with Crippen LogP contribution in [-0.4, -0.2) is 45.8 Å². The van der Waals surface area contributed by atoms with Crippen molar-refractivity contribution < 1.29 is 0 Å². The molecule has 2 unspecified atom stereocenters. The van der Waals surface area contributed by atoms with Gasteiger partial charge in [0.15, 0.2) is 0 Å². The Morgan fingerprint density at radius 1 is 1.16 bits per heavy atom. The molecule has 25 heavy (non-hydrogen) atoms. The molecule has 0 amide bonds. The molecule has 3 saturated heterocycles. The summed E-state index contributed by atoms with van der Waals surface area (Å²) in [5.41, 5.74) is 2.03. The monoisotopic (exact) mass is 335 g/mol. The lowest BCUT2D eigenvalue weighted by molar-refractivity contribution is 0.360. The minimum atomic E-state index is 0.558. The average Bonchev–Trinajstić information content (AvgIpc) is 2.89. The van der Waals surface area contributed by atoms with E-state index in [0.717, 1.165) is 48.0 Å². The van der Waals surface area contributed by atoms with Crippen LogP contribution in [0, 0.1) is 5.92 Å². The van der Waals surface area contributed by atoms with E-state index in [4.69, 9.17) is 4.98 Å². The highest BCUT2D eigenvalue weighted by Crippen LogP contribution is 2.25. The molecule has 3 N–H and O–H groups in total. The average molecular weight is 335 g/mol. The number of aromatic amines is 1. The molecule has 2 atom stereocenters. The van der Waals surface area contributed by atoms with E-state index in [1.54, 1.807) is 0 Å². The summed E-state index contributed by atoms with van der Waals surface area (Å²) in [6, 6.07) is 8.58. The zero-order chi connectivity index (χ0) is 16.6. The van der Waals surface area contributed by atoms with Crippen LogP contribution in [0.15, 0.2) is 36.7 Å². The summed E-state index contributed by atoms with van der Waals surface area (Å²) in [6.07, 6.45) is 6.22. The van der Waals surface area contributed by atoms with Crippen molar-refractivity contribution in [2.75, 3.05) is 29.9 Å². The zero-order valence-corrected chi connectivity index (χ0v) is 13.9. The molecular formula is C18H21N7. The maximum absolute atomic E-state index is 4.75. The van der Waals surface area contributed by atoms with Gasteiger partial charge in [0.05, 0.1) is 11.7 Å². The predicted octanol–water partition coefficient (Wildman–Crippen LogP) is 2.28. The maximum Gasteiger partial charge on any atom is 0.227 e. The summed E-state index contributed by atoms with van der Waals surface area (Å²) < 4.78 is 0. The summed E-state index contributed by atoms with van der Waals surface area (Å²) >= 11 is 0. The van der Waals surface area contributed by atoms with Gasteiger partial charge in [-0.25, -0.2) is 4.98 Å².